The van der Waals surface area contributed by atoms with Crippen molar-refractivity contribution in [1.82, 2.24) is 4.57 Å². The summed E-state index contributed by atoms with van der Waals surface area (Å²) >= 11 is 1.38. The highest BCUT2D eigenvalue weighted by Crippen LogP contribution is 2.38. The topological polar surface area (TPSA) is 78.1 Å². The van der Waals surface area contributed by atoms with E-state index in [1.165, 1.54) is 11.3 Å². The minimum atomic E-state index is -0.170. The Morgan fingerprint density at radius 3 is 2.83 bits per heavy atom. The largest absolute Gasteiger partial charge is 0.369 e. The van der Waals surface area contributed by atoms with E-state index in [2.05, 4.69) is 16.3 Å². The summed E-state index contributed by atoms with van der Waals surface area (Å²) in [6, 6.07) is 16.9. The standard InChI is InChI=1S/C23H20N4O2S/c24-11-16-10-18(25-23(29)21-4-2-8-30-21)6-7-19(16)26-12-15-9-17(14-26)20-3-1-5-22(28)27(20)13-15/h1-8,10,15,17H,9,12-14H2,(H,25,29)/t15-,17+/m1/s1. The molecule has 150 valence electrons. The van der Waals surface area contributed by atoms with Crippen molar-refractivity contribution in [3.63, 3.8) is 0 Å². The molecule has 0 saturated carbocycles. The summed E-state index contributed by atoms with van der Waals surface area (Å²) in [6.45, 7) is 2.31. The number of thiophene rings is 1. The molecule has 0 unspecified atom stereocenters. The van der Waals surface area contributed by atoms with Gasteiger partial charge < -0.3 is 14.8 Å². The fourth-order valence-electron chi connectivity index (χ4n) is 4.67. The van der Waals surface area contributed by atoms with Crippen LogP contribution in [0.3, 0.4) is 0 Å². The number of fused-ring (bicyclic) bond motifs is 4. The Balaban J connectivity index is 1.40. The van der Waals surface area contributed by atoms with E-state index < -0.39 is 0 Å². The van der Waals surface area contributed by atoms with Crippen molar-refractivity contribution in [3.8, 4) is 6.07 Å². The Morgan fingerprint density at radius 2 is 2.03 bits per heavy atom. The van der Waals surface area contributed by atoms with Gasteiger partial charge in [0.1, 0.15) is 6.07 Å². The zero-order valence-corrected chi connectivity index (χ0v) is 17.1. The van der Waals surface area contributed by atoms with Crippen LogP contribution in [0, 0.1) is 17.2 Å². The predicted molar refractivity (Wildman–Crippen MR) is 117 cm³/mol. The van der Waals surface area contributed by atoms with Gasteiger partial charge in [-0.25, -0.2) is 0 Å². The molecule has 2 aliphatic heterocycles. The lowest BCUT2D eigenvalue weighted by molar-refractivity contribution is 0.103. The number of piperidine rings is 1. The molecule has 6 nitrogen and oxygen atoms in total. The molecule has 2 bridgehead atoms. The first-order chi connectivity index (χ1) is 14.6. The number of nitrogens with one attached hydrogen (secondary N) is 1. The lowest BCUT2D eigenvalue weighted by Gasteiger charge is -2.44. The van der Waals surface area contributed by atoms with E-state index in [0.717, 1.165) is 37.4 Å². The van der Waals surface area contributed by atoms with Crippen molar-refractivity contribution >= 4 is 28.6 Å². The summed E-state index contributed by atoms with van der Waals surface area (Å²) in [5.74, 6) is 0.480. The minimum absolute atomic E-state index is 0.0687. The number of carbonyl (C=O) groups excluding carboxylic acids is 1. The molecule has 2 aromatic heterocycles. The number of benzene rings is 1. The molecule has 1 amide bonds. The molecule has 4 heterocycles. The summed E-state index contributed by atoms with van der Waals surface area (Å²) in [4.78, 5) is 27.4. The average molecular weight is 417 g/mol. The lowest BCUT2D eigenvalue weighted by atomic mass is 9.82. The Bertz CT molecular complexity index is 1210. The number of pyridine rings is 1. The van der Waals surface area contributed by atoms with E-state index in [1.54, 1.807) is 18.2 Å². The first kappa shape index (κ1) is 18.6. The second kappa shape index (κ2) is 7.47. The molecule has 0 spiro atoms. The zero-order chi connectivity index (χ0) is 20.7. The van der Waals surface area contributed by atoms with E-state index in [1.807, 2.05) is 40.3 Å². The molecule has 1 N–H and O–H groups in total. The summed E-state index contributed by atoms with van der Waals surface area (Å²) in [7, 11) is 0. The van der Waals surface area contributed by atoms with Crippen molar-refractivity contribution in [1.29, 1.82) is 5.26 Å². The molecule has 1 aromatic carbocycles. The molecular weight excluding hydrogens is 396 g/mol. The molecule has 7 heteroatoms. The molecule has 1 fully saturated rings. The van der Waals surface area contributed by atoms with Gasteiger partial charge in [0, 0.05) is 43.0 Å². The second-order valence-electron chi connectivity index (χ2n) is 7.88. The summed E-state index contributed by atoms with van der Waals surface area (Å²) in [6.07, 6.45) is 1.07. The summed E-state index contributed by atoms with van der Waals surface area (Å²) in [5, 5.41) is 14.5. The molecule has 30 heavy (non-hydrogen) atoms. The number of hydrogen-bond donors (Lipinski definition) is 1. The van der Waals surface area contributed by atoms with E-state index in [9.17, 15) is 14.9 Å². The lowest BCUT2D eigenvalue weighted by Crippen LogP contribution is -2.47. The van der Waals surface area contributed by atoms with Crippen LogP contribution >= 0.6 is 11.3 Å². The molecular formula is C23H20N4O2S. The quantitative estimate of drug-likeness (QED) is 0.707. The Hall–Kier alpha value is -3.37. The van der Waals surface area contributed by atoms with Gasteiger partial charge in [0.05, 0.1) is 16.1 Å². The molecule has 2 aliphatic rings. The van der Waals surface area contributed by atoms with Crippen LogP contribution in [-0.2, 0) is 6.54 Å². The fourth-order valence-corrected chi connectivity index (χ4v) is 5.29. The first-order valence-corrected chi connectivity index (χ1v) is 10.8. The normalized spacial score (nSPS) is 19.6. The van der Waals surface area contributed by atoms with Crippen LogP contribution in [0.2, 0.25) is 0 Å². The Kier molecular flexibility index (Phi) is 4.64. The number of carbonyl (C=O) groups is 1. The van der Waals surface area contributed by atoms with Gasteiger partial charge >= 0.3 is 0 Å². The van der Waals surface area contributed by atoms with Crippen molar-refractivity contribution < 1.29 is 4.79 Å². The maximum absolute atomic E-state index is 12.3. The Morgan fingerprint density at radius 1 is 1.13 bits per heavy atom. The number of nitriles is 1. The predicted octanol–water partition coefficient (Wildman–Crippen LogP) is 3.66. The van der Waals surface area contributed by atoms with Crippen LogP contribution in [0.4, 0.5) is 11.4 Å². The maximum Gasteiger partial charge on any atom is 0.265 e. The average Bonchev–Trinajstić information content (AvgIpc) is 3.29. The summed E-state index contributed by atoms with van der Waals surface area (Å²) < 4.78 is 1.91. The third-order valence-corrected chi connectivity index (χ3v) is 6.81. The van der Waals surface area contributed by atoms with Crippen molar-refractivity contribution in [2.24, 2.45) is 5.92 Å². The minimum Gasteiger partial charge on any atom is -0.369 e. The van der Waals surface area contributed by atoms with Crippen molar-refractivity contribution in [2.75, 3.05) is 23.3 Å². The number of anilines is 2. The highest BCUT2D eigenvalue weighted by molar-refractivity contribution is 7.12. The maximum atomic E-state index is 12.3. The van der Waals surface area contributed by atoms with Crippen LogP contribution < -0.4 is 15.8 Å². The fraction of sp³-hybridized carbons (Fsp3) is 0.261. The second-order valence-corrected chi connectivity index (χ2v) is 8.83. The van der Waals surface area contributed by atoms with E-state index in [0.29, 0.717) is 22.0 Å². The van der Waals surface area contributed by atoms with Gasteiger partial charge in [0.15, 0.2) is 0 Å². The molecule has 5 rings (SSSR count). The van der Waals surface area contributed by atoms with Crippen LogP contribution in [0.5, 0.6) is 0 Å². The van der Waals surface area contributed by atoms with E-state index in [-0.39, 0.29) is 17.4 Å². The van der Waals surface area contributed by atoms with Gasteiger partial charge in [-0.3, -0.25) is 9.59 Å². The van der Waals surface area contributed by atoms with Gasteiger partial charge in [-0.15, -0.1) is 11.3 Å². The number of amides is 1. The monoisotopic (exact) mass is 416 g/mol. The van der Waals surface area contributed by atoms with Crippen LogP contribution in [0.15, 0.2) is 58.7 Å². The molecule has 3 aromatic rings. The molecule has 1 saturated heterocycles. The SMILES string of the molecule is N#Cc1cc(NC(=O)c2cccs2)ccc1N1C[C@H]2C[C@@H](C1)c1cccc(=O)n1C2. The first-order valence-electron chi connectivity index (χ1n) is 9.96. The van der Waals surface area contributed by atoms with Gasteiger partial charge in [0.25, 0.3) is 11.5 Å². The number of aromatic nitrogens is 1. The molecule has 0 aliphatic carbocycles. The zero-order valence-electron chi connectivity index (χ0n) is 16.2. The van der Waals surface area contributed by atoms with E-state index in [4.69, 9.17) is 0 Å². The molecule has 2 atom stereocenters. The number of nitrogens with zero attached hydrogens (tertiary/aromatic N) is 3. The molecule has 0 radical (unpaired) electrons. The highest BCUT2D eigenvalue weighted by atomic mass is 32.1. The van der Waals surface area contributed by atoms with Crippen molar-refractivity contribution in [2.45, 2.75) is 18.9 Å². The smallest absolute Gasteiger partial charge is 0.265 e. The highest BCUT2D eigenvalue weighted by Gasteiger charge is 2.35. The number of hydrogen-bond acceptors (Lipinski definition) is 5. The van der Waals surface area contributed by atoms with Crippen LogP contribution in [0.25, 0.3) is 0 Å². The van der Waals surface area contributed by atoms with Crippen molar-refractivity contribution in [3.05, 3.63) is 80.4 Å². The third kappa shape index (κ3) is 3.29. The van der Waals surface area contributed by atoms with E-state index >= 15 is 0 Å². The van der Waals surface area contributed by atoms with Gasteiger partial charge in [-0.05, 0) is 48.1 Å². The van der Waals surface area contributed by atoms with Crippen LogP contribution in [-0.4, -0.2) is 23.6 Å². The summed E-state index contributed by atoms with van der Waals surface area (Å²) in [5.41, 5.74) is 3.20. The van der Waals surface area contributed by atoms with Crippen LogP contribution in [0.1, 0.15) is 33.3 Å². The van der Waals surface area contributed by atoms with Gasteiger partial charge in [-0.2, -0.15) is 5.26 Å². The van der Waals surface area contributed by atoms with Gasteiger partial charge in [-0.1, -0.05) is 12.1 Å². The van der Waals surface area contributed by atoms with Gasteiger partial charge in [0.2, 0.25) is 0 Å². The Labute approximate surface area is 178 Å². The number of rotatable bonds is 3. The third-order valence-electron chi connectivity index (χ3n) is 5.94.